The minimum absolute atomic E-state index is 0.446. The zero-order valence-electron chi connectivity index (χ0n) is 24.1. The van der Waals surface area contributed by atoms with Crippen molar-refractivity contribution < 1.29 is 46.1 Å². The van der Waals surface area contributed by atoms with Crippen molar-refractivity contribution in [3.8, 4) is 11.4 Å². The molecule has 0 aliphatic carbocycles. The van der Waals surface area contributed by atoms with Gasteiger partial charge in [-0.25, -0.2) is 9.59 Å². The van der Waals surface area contributed by atoms with Crippen molar-refractivity contribution >= 4 is 40.2 Å². The molecular formula is C28H26ClF6N7O4. The average Bonchev–Trinajstić information content (AvgIpc) is 3.65. The topological polar surface area (TPSA) is 131 Å². The van der Waals surface area contributed by atoms with Crippen LogP contribution in [0, 0.1) is 6.92 Å². The van der Waals surface area contributed by atoms with Crippen LogP contribution in [-0.4, -0.2) is 88.0 Å². The number of fused-ring (bicyclic) bond motifs is 3. The zero-order chi connectivity index (χ0) is 34.0. The lowest BCUT2D eigenvalue weighted by Crippen LogP contribution is -2.47. The molecule has 0 saturated carbocycles. The average molecular weight is 674 g/mol. The molecule has 0 spiro atoms. The summed E-state index contributed by atoms with van der Waals surface area (Å²) in [5.74, 6) is -4.64. The van der Waals surface area contributed by atoms with Crippen LogP contribution >= 0.6 is 11.6 Å². The van der Waals surface area contributed by atoms with E-state index in [2.05, 4.69) is 66.1 Å². The number of pyridine rings is 1. The van der Waals surface area contributed by atoms with Gasteiger partial charge >= 0.3 is 24.3 Å². The number of hydrogen-bond acceptors (Lipinski definition) is 6. The van der Waals surface area contributed by atoms with Crippen molar-refractivity contribution in [2.45, 2.75) is 38.8 Å². The van der Waals surface area contributed by atoms with Gasteiger partial charge in [0.15, 0.2) is 5.65 Å². The van der Waals surface area contributed by atoms with Crippen LogP contribution in [0.4, 0.5) is 26.3 Å². The third-order valence-electron chi connectivity index (χ3n) is 6.94. The summed E-state index contributed by atoms with van der Waals surface area (Å²) in [6.45, 7) is 8.09. The van der Waals surface area contributed by atoms with Gasteiger partial charge in [-0.1, -0.05) is 30.7 Å². The second kappa shape index (κ2) is 13.4. The van der Waals surface area contributed by atoms with Crippen molar-refractivity contribution in [2.24, 2.45) is 0 Å². The number of aryl methyl sites for hydroxylation is 1. The van der Waals surface area contributed by atoms with Crippen LogP contribution in [0.1, 0.15) is 24.4 Å². The molecule has 0 unspecified atom stereocenters. The number of alkyl halides is 6. The van der Waals surface area contributed by atoms with E-state index in [9.17, 15) is 26.3 Å². The molecule has 0 radical (unpaired) electrons. The fourth-order valence-electron chi connectivity index (χ4n) is 4.69. The van der Waals surface area contributed by atoms with Gasteiger partial charge in [0, 0.05) is 30.9 Å². The molecule has 5 heterocycles. The van der Waals surface area contributed by atoms with Crippen LogP contribution in [0.15, 0.2) is 54.7 Å². The van der Waals surface area contributed by atoms with Gasteiger partial charge in [0.25, 0.3) is 0 Å². The highest BCUT2D eigenvalue weighted by Crippen LogP contribution is 2.31. The quantitative estimate of drug-likeness (QED) is 0.227. The molecule has 1 aliphatic heterocycles. The van der Waals surface area contributed by atoms with E-state index < -0.39 is 24.3 Å². The summed E-state index contributed by atoms with van der Waals surface area (Å²) in [4.78, 5) is 20.2. The predicted octanol–water partition coefficient (Wildman–Crippen LogP) is 5.70. The van der Waals surface area contributed by atoms with Crippen molar-refractivity contribution in [1.82, 2.24) is 33.8 Å². The maximum atomic E-state index is 10.6. The zero-order valence-corrected chi connectivity index (χ0v) is 24.8. The maximum absolute atomic E-state index is 10.6. The standard InChI is InChI=1S/C24H24ClN7.2C2HF3O2/c1-3-29-14-19(15-29)31-10-9-20(28-31)22-12-23-21(7-8-24-27-26-16(2)32(23)24)30(22)13-17-5-4-6-18(25)11-17;2*3-2(4,5)1(6)7/h4-12,19H,3,13-15H2,1-2H3;2*(H,6,7). The molecule has 0 amide bonds. The highest BCUT2D eigenvalue weighted by Gasteiger charge is 2.39. The molecular weight excluding hydrogens is 648 g/mol. The Hall–Kier alpha value is -4.64. The minimum Gasteiger partial charge on any atom is -0.475 e. The summed E-state index contributed by atoms with van der Waals surface area (Å²) < 4.78 is 70.0. The second-order valence-corrected chi connectivity index (χ2v) is 10.5. The number of nitrogens with zero attached hydrogens (tertiary/aromatic N) is 7. The molecule has 4 aromatic heterocycles. The van der Waals surface area contributed by atoms with E-state index in [4.69, 9.17) is 36.5 Å². The SMILES string of the molecule is CCN1CC(n2ccc(-c3cc4c(ccc5nnc(C)n54)n3Cc3cccc(Cl)c3)n2)C1.O=C(O)C(F)(F)F.O=C(O)C(F)(F)F. The third kappa shape index (κ3) is 7.77. The van der Waals surface area contributed by atoms with Crippen molar-refractivity contribution in [1.29, 1.82) is 0 Å². The van der Waals surface area contributed by atoms with Gasteiger partial charge in [0.1, 0.15) is 11.5 Å². The highest BCUT2D eigenvalue weighted by molar-refractivity contribution is 6.30. The number of carboxylic acids is 2. The Balaban J connectivity index is 0.000000289. The summed E-state index contributed by atoms with van der Waals surface area (Å²) >= 11 is 6.28. The maximum Gasteiger partial charge on any atom is 0.490 e. The number of aliphatic carboxylic acids is 2. The lowest BCUT2D eigenvalue weighted by Gasteiger charge is -2.38. The highest BCUT2D eigenvalue weighted by atomic mass is 35.5. The molecule has 46 heavy (non-hydrogen) atoms. The summed E-state index contributed by atoms with van der Waals surface area (Å²) in [5, 5.41) is 28.5. The van der Waals surface area contributed by atoms with Crippen LogP contribution in [0.25, 0.3) is 28.1 Å². The number of rotatable bonds is 5. The molecule has 246 valence electrons. The monoisotopic (exact) mass is 673 g/mol. The predicted molar refractivity (Wildman–Crippen MR) is 154 cm³/mol. The minimum atomic E-state index is -5.08. The molecule has 0 atom stereocenters. The summed E-state index contributed by atoms with van der Waals surface area (Å²) in [6, 6.07) is 16.9. The summed E-state index contributed by atoms with van der Waals surface area (Å²) in [7, 11) is 0. The van der Waals surface area contributed by atoms with Crippen LogP contribution in [0.2, 0.25) is 5.02 Å². The normalized spacial score (nSPS) is 13.9. The largest absolute Gasteiger partial charge is 0.490 e. The van der Waals surface area contributed by atoms with Gasteiger partial charge in [-0.15, -0.1) is 10.2 Å². The van der Waals surface area contributed by atoms with Gasteiger partial charge < -0.3 is 14.8 Å². The molecule has 18 heteroatoms. The number of hydrogen-bond donors (Lipinski definition) is 2. The van der Waals surface area contributed by atoms with Gasteiger partial charge in [0.05, 0.1) is 22.8 Å². The van der Waals surface area contributed by atoms with Crippen LogP contribution < -0.4 is 0 Å². The van der Waals surface area contributed by atoms with Crippen LogP contribution in [0.5, 0.6) is 0 Å². The third-order valence-corrected chi connectivity index (χ3v) is 7.18. The van der Waals surface area contributed by atoms with E-state index in [0.717, 1.165) is 64.1 Å². The van der Waals surface area contributed by atoms with E-state index in [-0.39, 0.29) is 0 Å². The van der Waals surface area contributed by atoms with E-state index >= 15 is 0 Å². The van der Waals surface area contributed by atoms with Gasteiger partial charge in [0.2, 0.25) is 0 Å². The Kier molecular flexibility index (Phi) is 9.96. The van der Waals surface area contributed by atoms with Gasteiger partial charge in [-0.05, 0) is 55.4 Å². The number of likely N-dealkylation sites (tertiary alicyclic amines) is 1. The van der Waals surface area contributed by atoms with Gasteiger partial charge in [-0.3, -0.25) is 14.0 Å². The molecule has 1 saturated heterocycles. The number of carboxylic acid groups (broad SMARTS) is 2. The Morgan fingerprint density at radius 2 is 1.57 bits per heavy atom. The molecule has 2 N–H and O–H groups in total. The number of likely N-dealkylation sites (N-methyl/N-ethyl adjacent to an activating group) is 1. The Morgan fingerprint density at radius 3 is 2.13 bits per heavy atom. The first kappa shape index (κ1) is 34.2. The van der Waals surface area contributed by atoms with E-state index in [1.165, 1.54) is 0 Å². The van der Waals surface area contributed by atoms with E-state index in [1.54, 1.807) is 0 Å². The number of aromatic nitrogens is 6. The van der Waals surface area contributed by atoms with Crippen LogP contribution in [-0.2, 0) is 16.1 Å². The second-order valence-electron chi connectivity index (χ2n) is 10.1. The van der Waals surface area contributed by atoms with Crippen molar-refractivity contribution in [2.75, 3.05) is 19.6 Å². The van der Waals surface area contributed by atoms with Crippen molar-refractivity contribution in [3.63, 3.8) is 0 Å². The fourth-order valence-corrected chi connectivity index (χ4v) is 4.90. The van der Waals surface area contributed by atoms with E-state index in [0.29, 0.717) is 12.6 Å². The molecule has 5 aromatic rings. The van der Waals surface area contributed by atoms with Crippen molar-refractivity contribution in [3.05, 3.63) is 71.1 Å². The molecule has 0 bridgehead atoms. The molecule has 1 aromatic carbocycles. The first-order chi connectivity index (χ1) is 21.5. The Bertz CT molecular complexity index is 1830. The summed E-state index contributed by atoms with van der Waals surface area (Å²) in [6.07, 6.45) is -8.06. The first-order valence-electron chi connectivity index (χ1n) is 13.5. The molecule has 6 rings (SSSR count). The Labute approximate surface area is 261 Å². The lowest BCUT2D eigenvalue weighted by atomic mass is 10.1. The smallest absolute Gasteiger partial charge is 0.475 e. The van der Waals surface area contributed by atoms with Gasteiger partial charge in [-0.2, -0.15) is 31.4 Å². The number of benzene rings is 1. The molecule has 11 nitrogen and oxygen atoms in total. The summed E-state index contributed by atoms with van der Waals surface area (Å²) in [5.41, 5.74) is 6.24. The fraction of sp³-hybridized carbons (Fsp3) is 0.321. The van der Waals surface area contributed by atoms with Crippen LogP contribution in [0.3, 0.4) is 0 Å². The number of halogens is 7. The first-order valence-corrected chi connectivity index (χ1v) is 13.8. The lowest BCUT2D eigenvalue weighted by molar-refractivity contribution is -0.193. The Morgan fingerprint density at radius 1 is 0.935 bits per heavy atom. The number of carbonyl (C=O) groups is 2. The molecule has 1 fully saturated rings. The molecule has 1 aliphatic rings. The van der Waals surface area contributed by atoms with E-state index in [1.807, 2.05) is 31.2 Å².